The van der Waals surface area contributed by atoms with Gasteiger partial charge in [0.2, 0.25) is 5.91 Å². The Bertz CT molecular complexity index is 1540. The van der Waals surface area contributed by atoms with E-state index in [0.717, 1.165) is 30.5 Å². The molecule has 1 saturated heterocycles. The molecule has 0 unspecified atom stereocenters. The minimum Gasteiger partial charge on any atom is -0.479 e. The lowest BCUT2D eigenvalue weighted by atomic mass is 9.81. The first-order chi connectivity index (χ1) is 20.4. The normalized spacial score (nSPS) is 17.8. The SMILES string of the molecule is C[C@H](c1ccccc1)[C@](C)(N=C(c1ccccc1)c1ccccc1NC(=O)[C@@H]1CCCN1Cc1ccccc1)C(=O)O. The molecule has 2 N–H and O–H groups in total. The minimum atomic E-state index is -1.47. The molecule has 0 saturated carbocycles. The minimum absolute atomic E-state index is 0.0676. The van der Waals surface area contributed by atoms with Crippen molar-refractivity contribution in [3.63, 3.8) is 0 Å². The molecule has 4 aromatic carbocycles. The van der Waals surface area contributed by atoms with Gasteiger partial charge in [0.15, 0.2) is 5.54 Å². The molecule has 5 rings (SSSR count). The van der Waals surface area contributed by atoms with Crippen molar-refractivity contribution in [1.29, 1.82) is 0 Å². The molecule has 42 heavy (non-hydrogen) atoms. The van der Waals surface area contributed by atoms with Gasteiger partial charge in [-0.1, -0.05) is 116 Å². The van der Waals surface area contributed by atoms with Crippen LogP contribution in [-0.4, -0.2) is 45.7 Å². The molecule has 4 aromatic rings. The number of carbonyl (C=O) groups excluding carboxylic acids is 1. The number of para-hydroxylation sites is 1. The van der Waals surface area contributed by atoms with Crippen LogP contribution in [0.3, 0.4) is 0 Å². The molecule has 1 aliphatic rings. The van der Waals surface area contributed by atoms with Gasteiger partial charge in [-0.15, -0.1) is 0 Å². The Hall–Kier alpha value is -4.55. The van der Waals surface area contributed by atoms with E-state index >= 15 is 0 Å². The number of hydrogen-bond donors (Lipinski definition) is 2. The van der Waals surface area contributed by atoms with E-state index < -0.39 is 17.4 Å². The van der Waals surface area contributed by atoms with Gasteiger partial charge in [-0.05, 0) is 43.5 Å². The fraction of sp³-hybridized carbons (Fsp3) is 0.250. The van der Waals surface area contributed by atoms with Gasteiger partial charge >= 0.3 is 5.97 Å². The van der Waals surface area contributed by atoms with Crippen LogP contribution in [0.15, 0.2) is 120 Å². The average molecular weight is 560 g/mol. The molecule has 0 radical (unpaired) electrons. The van der Waals surface area contributed by atoms with Crippen LogP contribution < -0.4 is 5.32 Å². The molecule has 1 aliphatic heterocycles. The molecule has 3 atom stereocenters. The highest BCUT2D eigenvalue weighted by Gasteiger charge is 2.40. The van der Waals surface area contributed by atoms with E-state index in [1.54, 1.807) is 6.92 Å². The van der Waals surface area contributed by atoms with Crippen LogP contribution in [0.4, 0.5) is 5.69 Å². The monoisotopic (exact) mass is 559 g/mol. The van der Waals surface area contributed by atoms with E-state index in [-0.39, 0.29) is 11.9 Å². The summed E-state index contributed by atoms with van der Waals surface area (Å²) in [5, 5.41) is 13.7. The Labute approximate surface area is 247 Å². The topological polar surface area (TPSA) is 82.0 Å². The number of anilines is 1. The maximum atomic E-state index is 13.7. The van der Waals surface area contributed by atoms with Crippen molar-refractivity contribution in [3.8, 4) is 0 Å². The molecule has 0 spiro atoms. The highest BCUT2D eigenvalue weighted by Crippen LogP contribution is 2.34. The first kappa shape index (κ1) is 29.0. The molecule has 214 valence electrons. The highest BCUT2D eigenvalue weighted by atomic mass is 16.4. The van der Waals surface area contributed by atoms with Crippen LogP contribution in [0.2, 0.25) is 0 Å². The van der Waals surface area contributed by atoms with Crippen LogP contribution in [0.1, 0.15) is 54.9 Å². The average Bonchev–Trinajstić information content (AvgIpc) is 3.49. The molecule has 0 aromatic heterocycles. The summed E-state index contributed by atoms with van der Waals surface area (Å²) in [6.45, 7) is 5.13. The van der Waals surface area contributed by atoms with Gasteiger partial charge in [-0.2, -0.15) is 0 Å². The number of likely N-dealkylation sites (tertiary alicyclic amines) is 1. The predicted molar refractivity (Wildman–Crippen MR) is 168 cm³/mol. The molecule has 6 nitrogen and oxygen atoms in total. The molecule has 0 aliphatic carbocycles. The second-order valence-electron chi connectivity index (χ2n) is 11.1. The fourth-order valence-electron chi connectivity index (χ4n) is 5.65. The molecule has 6 heteroatoms. The lowest BCUT2D eigenvalue weighted by Crippen LogP contribution is -2.40. The third kappa shape index (κ3) is 6.34. The first-order valence-corrected chi connectivity index (χ1v) is 14.5. The van der Waals surface area contributed by atoms with Crippen molar-refractivity contribution in [2.24, 2.45) is 4.99 Å². The van der Waals surface area contributed by atoms with Crippen molar-refractivity contribution in [2.45, 2.75) is 50.7 Å². The lowest BCUT2D eigenvalue weighted by molar-refractivity contribution is -0.143. The number of amides is 1. The van der Waals surface area contributed by atoms with Crippen LogP contribution in [0.25, 0.3) is 0 Å². The summed E-state index contributed by atoms with van der Waals surface area (Å²) in [6, 6.07) is 36.6. The van der Waals surface area contributed by atoms with E-state index in [0.29, 0.717) is 23.5 Å². The van der Waals surface area contributed by atoms with Crippen LogP contribution in [-0.2, 0) is 16.1 Å². The van der Waals surface area contributed by atoms with E-state index in [4.69, 9.17) is 4.99 Å². The molecular weight excluding hydrogens is 522 g/mol. The van der Waals surface area contributed by atoms with Crippen molar-refractivity contribution < 1.29 is 14.7 Å². The molecule has 1 heterocycles. The van der Waals surface area contributed by atoms with Gasteiger partial charge in [0.25, 0.3) is 0 Å². The Kier molecular flexibility index (Phi) is 8.94. The predicted octanol–water partition coefficient (Wildman–Crippen LogP) is 6.77. The van der Waals surface area contributed by atoms with Crippen LogP contribution in [0, 0.1) is 0 Å². The van der Waals surface area contributed by atoms with Crippen molar-refractivity contribution in [1.82, 2.24) is 4.90 Å². The second kappa shape index (κ2) is 13.0. The van der Waals surface area contributed by atoms with E-state index in [1.807, 2.05) is 110 Å². The molecule has 1 fully saturated rings. The number of carbonyl (C=O) groups is 2. The van der Waals surface area contributed by atoms with Crippen LogP contribution in [0.5, 0.6) is 0 Å². The van der Waals surface area contributed by atoms with E-state index in [2.05, 4.69) is 22.3 Å². The molecular formula is C36H37N3O3. The third-order valence-corrected chi connectivity index (χ3v) is 8.30. The number of nitrogens with zero attached hydrogens (tertiary/aromatic N) is 2. The van der Waals surface area contributed by atoms with Crippen molar-refractivity contribution in [2.75, 3.05) is 11.9 Å². The number of carboxylic acid groups (broad SMARTS) is 1. The number of carboxylic acids is 1. The smallest absolute Gasteiger partial charge is 0.331 e. The lowest BCUT2D eigenvalue weighted by Gasteiger charge is -2.30. The zero-order valence-electron chi connectivity index (χ0n) is 24.1. The summed E-state index contributed by atoms with van der Waals surface area (Å²) >= 11 is 0. The Morgan fingerprint density at radius 3 is 2.17 bits per heavy atom. The van der Waals surface area contributed by atoms with Gasteiger partial charge in [-0.25, -0.2) is 4.79 Å². The Morgan fingerprint density at radius 2 is 1.50 bits per heavy atom. The van der Waals surface area contributed by atoms with Gasteiger partial charge in [-0.3, -0.25) is 14.7 Å². The number of rotatable bonds is 10. The van der Waals surface area contributed by atoms with Crippen molar-refractivity contribution >= 4 is 23.3 Å². The summed E-state index contributed by atoms with van der Waals surface area (Å²) < 4.78 is 0. The second-order valence-corrected chi connectivity index (χ2v) is 11.1. The summed E-state index contributed by atoms with van der Waals surface area (Å²) in [5.74, 6) is -1.50. The molecule has 1 amide bonds. The number of aliphatic carboxylic acids is 1. The maximum absolute atomic E-state index is 13.7. The summed E-state index contributed by atoms with van der Waals surface area (Å²) in [6.07, 6.45) is 1.74. The van der Waals surface area contributed by atoms with E-state index in [9.17, 15) is 14.7 Å². The standard InChI is InChI=1S/C36H37N3O3/c1-26(28-17-8-4-9-18-28)36(2,35(41)42)38-33(29-19-10-5-11-20-29)30-21-12-13-22-31(30)37-34(40)32-23-14-24-39(32)25-27-15-6-3-7-16-27/h3-13,15-22,26,32H,14,23-25H2,1-2H3,(H,37,40)(H,41,42)/t26-,32+,36+/m1/s1. The quantitative estimate of drug-likeness (QED) is 0.210. The van der Waals surface area contributed by atoms with Crippen LogP contribution >= 0.6 is 0 Å². The maximum Gasteiger partial charge on any atom is 0.331 e. The number of benzene rings is 4. The highest BCUT2D eigenvalue weighted by molar-refractivity contribution is 6.18. The van der Waals surface area contributed by atoms with E-state index in [1.165, 1.54) is 5.56 Å². The zero-order chi connectivity index (χ0) is 29.5. The molecule has 0 bridgehead atoms. The van der Waals surface area contributed by atoms with Gasteiger partial charge in [0.05, 0.1) is 17.4 Å². The number of hydrogen-bond acceptors (Lipinski definition) is 4. The summed E-state index contributed by atoms with van der Waals surface area (Å²) in [5.41, 5.74) is 3.18. The Morgan fingerprint density at radius 1 is 0.905 bits per heavy atom. The largest absolute Gasteiger partial charge is 0.479 e. The number of nitrogens with one attached hydrogen (secondary N) is 1. The fourth-order valence-corrected chi connectivity index (χ4v) is 5.65. The number of aliphatic imine (C=N–C) groups is 1. The van der Waals surface area contributed by atoms with Crippen molar-refractivity contribution in [3.05, 3.63) is 138 Å². The van der Waals surface area contributed by atoms with Gasteiger partial charge < -0.3 is 10.4 Å². The first-order valence-electron chi connectivity index (χ1n) is 14.5. The zero-order valence-corrected chi connectivity index (χ0v) is 24.1. The summed E-state index contributed by atoms with van der Waals surface area (Å²) in [4.78, 5) is 33.8. The van der Waals surface area contributed by atoms with Gasteiger partial charge in [0.1, 0.15) is 0 Å². The third-order valence-electron chi connectivity index (χ3n) is 8.30. The van der Waals surface area contributed by atoms with Gasteiger partial charge in [0, 0.05) is 23.6 Å². The summed E-state index contributed by atoms with van der Waals surface area (Å²) in [7, 11) is 0. The Balaban J connectivity index is 1.51.